The Morgan fingerprint density at radius 3 is 2.84 bits per heavy atom. The van der Waals surface area contributed by atoms with Gasteiger partial charge in [-0.1, -0.05) is 0 Å². The number of hydrazone groups is 1. The first-order chi connectivity index (χ1) is 8.85. The van der Waals surface area contributed by atoms with Crippen LogP contribution in [-0.4, -0.2) is 60.6 Å². The first-order valence-electron chi connectivity index (χ1n) is 6.19. The lowest BCUT2D eigenvalue weighted by Crippen LogP contribution is -2.45. The normalized spacial score (nSPS) is 18.8. The van der Waals surface area contributed by atoms with Crippen LogP contribution >= 0.6 is 0 Å². The van der Waals surface area contributed by atoms with Gasteiger partial charge in [-0.3, -0.25) is 9.59 Å². The number of ether oxygens (including phenoxy) is 1. The number of rotatable bonds is 6. The number of amides is 2. The van der Waals surface area contributed by atoms with E-state index >= 15 is 0 Å². The third-order valence-electron chi connectivity index (χ3n) is 2.94. The summed E-state index contributed by atoms with van der Waals surface area (Å²) in [5, 5.41) is 17.7. The third-order valence-corrected chi connectivity index (χ3v) is 2.94. The highest BCUT2D eigenvalue weighted by molar-refractivity contribution is 6.39. The molecule has 2 N–H and O–H groups in total. The Labute approximate surface area is 112 Å². The molecule has 0 aromatic carbocycles. The van der Waals surface area contributed by atoms with Crippen molar-refractivity contribution in [3.63, 3.8) is 0 Å². The predicted molar refractivity (Wildman–Crippen MR) is 69.6 cm³/mol. The van der Waals surface area contributed by atoms with Gasteiger partial charge in [0.05, 0.1) is 5.60 Å². The average Bonchev–Trinajstić information content (AvgIpc) is 2.37. The summed E-state index contributed by atoms with van der Waals surface area (Å²) in [5.41, 5.74) is -0.715. The van der Waals surface area contributed by atoms with Gasteiger partial charge in [-0.25, -0.2) is 5.01 Å². The summed E-state index contributed by atoms with van der Waals surface area (Å²) in [4.78, 5) is 23.1. The van der Waals surface area contributed by atoms with Crippen LogP contribution in [0, 0.1) is 0 Å². The lowest BCUT2D eigenvalue weighted by Gasteiger charge is -2.24. The number of aliphatic hydroxyl groups is 1. The van der Waals surface area contributed by atoms with E-state index in [1.165, 1.54) is 12.1 Å². The van der Waals surface area contributed by atoms with Crippen LogP contribution in [0.5, 0.6) is 0 Å². The second-order valence-electron chi connectivity index (χ2n) is 4.89. The molecule has 7 heteroatoms. The van der Waals surface area contributed by atoms with Crippen LogP contribution in [0.25, 0.3) is 0 Å². The third kappa shape index (κ3) is 4.96. The molecule has 1 rings (SSSR count). The van der Waals surface area contributed by atoms with E-state index in [1.54, 1.807) is 14.0 Å². The molecule has 0 saturated heterocycles. The van der Waals surface area contributed by atoms with Crippen LogP contribution in [-0.2, 0) is 14.3 Å². The zero-order chi connectivity index (χ0) is 14.5. The summed E-state index contributed by atoms with van der Waals surface area (Å²) in [5.74, 6) is -0.458. The summed E-state index contributed by atoms with van der Waals surface area (Å²) in [6.07, 6.45) is 1.03. The maximum atomic E-state index is 11.8. The van der Waals surface area contributed by atoms with Crippen LogP contribution in [0.1, 0.15) is 26.2 Å². The number of nitrogens with zero attached hydrogens (tertiary/aromatic N) is 2. The summed E-state index contributed by atoms with van der Waals surface area (Å²) in [7, 11) is 3.07. The Kier molecular flexibility index (Phi) is 5.44. The van der Waals surface area contributed by atoms with Crippen molar-refractivity contribution in [3.8, 4) is 0 Å². The smallest absolute Gasteiger partial charge is 0.267 e. The Balaban J connectivity index is 2.47. The summed E-state index contributed by atoms with van der Waals surface area (Å²) in [6.45, 7) is 2.16. The maximum absolute atomic E-state index is 11.8. The Morgan fingerprint density at radius 1 is 1.58 bits per heavy atom. The number of carbonyl (C=O) groups is 2. The van der Waals surface area contributed by atoms with E-state index in [0.717, 1.165) is 0 Å². The van der Waals surface area contributed by atoms with Gasteiger partial charge >= 0.3 is 0 Å². The molecule has 7 nitrogen and oxygen atoms in total. The SMILES string of the molecule is COCCC(C)(O)CNC(=O)C1=NN(C)C(=O)CC1. The monoisotopic (exact) mass is 271 g/mol. The van der Waals surface area contributed by atoms with Gasteiger partial charge in [-0.2, -0.15) is 5.10 Å². The van der Waals surface area contributed by atoms with Gasteiger partial charge in [0, 0.05) is 46.6 Å². The zero-order valence-electron chi connectivity index (χ0n) is 11.6. The lowest BCUT2D eigenvalue weighted by atomic mass is 10.0. The van der Waals surface area contributed by atoms with E-state index in [4.69, 9.17) is 4.74 Å². The van der Waals surface area contributed by atoms with E-state index in [1.807, 2.05) is 0 Å². The molecule has 1 aliphatic rings. The molecule has 0 saturated carbocycles. The van der Waals surface area contributed by atoms with Crippen LogP contribution in [0.2, 0.25) is 0 Å². The molecule has 1 atom stereocenters. The van der Waals surface area contributed by atoms with Crippen molar-refractivity contribution in [2.45, 2.75) is 31.8 Å². The average molecular weight is 271 g/mol. The molecule has 0 aromatic heterocycles. The van der Waals surface area contributed by atoms with Gasteiger partial charge in [0.15, 0.2) is 0 Å². The predicted octanol–water partition coefficient (Wildman–Crippen LogP) is -0.502. The standard InChI is InChI=1S/C12H21N3O4/c1-12(18,6-7-19-3)8-13-11(17)9-4-5-10(16)15(2)14-9/h18H,4-8H2,1-3H3,(H,13,17). The molecule has 1 heterocycles. The van der Waals surface area contributed by atoms with Crippen LogP contribution < -0.4 is 5.32 Å². The fraction of sp³-hybridized carbons (Fsp3) is 0.750. The maximum Gasteiger partial charge on any atom is 0.267 e. The Bertz CT molecular complexity index is 379. The number of hydrogen-bond donors (Lipinski definition) is 2. The molecule has 108 valence electrons. The van der Waals surface area contributed by atoms with Crippen molar-refractivity contribution in [2.75, 3.05) is 27.3 Å². The van der Waals surface area contributed by atoms with Gasteiger partial charge in [0.2, 0.25) is 5.91 Å². The molecule has 0 aromatic rings. The first kappa shape index (κ1) is 15.6. The topological polar surface area (TPSA) is 91.2 Å². The Morgan fingerprint density at radius 2 is 2.26 bits per heavy atom. The Hall–Kier alpha value is -1.47. The van der Waals surface area contributed by atoms with Gasteiger partial charge < -0.3 is 15.2 Å². The second-order valence-corrected chi connectivity index (χ2v) is 4.89. The van der Waals surface area contributed by atoms with E-state index < -0.39 is 5.60 Å². The largest absolute Gasteiger partial charge is 0.388 e. The van der Waals surface area contributed by atoms with Gasteiger partial charge in [0.25, 0.3) is 5.91 Å². The number of methoxy groups -OCH3 is 1. The molecule has 1 aliphatic heterocycles. The molecule has 19 heavy (non-hydrogen) atoms. The zero-order valence-corrected chi connectivity index (χ0v) is 11.6. The molecule has 0 spiro atoms. The van der Waals surface area contributed by atoms with Gasteiger partial charge in [-0.15, -0.1) is 0 Å². The minimum absolute atomic E-state index is 0.108. The van der Waals surface area contributed by atoms with Crippen LogP contribution in [0.3, 0.4) is 0 Å². The summed E-state index contributed by atoms with van der Waals surface area (Å²) in [6, 6.07) is 0. The van der Waals surface area contributed by atoms with E-state index in [9.17, 15) is 14.7 Å². The lowest BCUT2D eigenvalue weighted by molar-refractivity contribution is -0.130. The summed E-state index contributed by atoms with van der Waals surface area (Å²) < 4.78 is 4.89. The summed E-state index contributed by atoms with van der Waals surface area (Å²) >= 11 is 0. The van der Waals surface area contributed by atoms with E-state index in [0.29, 0.717) is 25.2 Å². The second kappa shape index (κ2) is 6.63. The minimum atomic E-state index is -1.03. The number of nitrogens with one attached hydrogen (secondary N) is 1. The van der Waals surface area contributed by atoms with E-state index in [2.05, 4.69) is 10.4 Å². The quantitative estimate of drug-likeness (QED) is 0.681. The number of hydrogen-bond acceptors (Lipinski definition) is 5. The molecule has 0 fully saturated rings. The molecule has 0 radical (unpaired) electrons. The molecular weight excluding hydrogens is 250 g/mol. The van der Waals surface area contributed by atoms with Crippen molar-refractivity contribution < 1.29 is 19.4 Å². The van der Waals surface area contributed by atoms with E-state index in [-0.39, 0.29) is 24.8 Å². The molecular formula is C12H21N3O4. The van der Waals surface area contributed by atoms with Crippen molar-refractivity contribution in [2.24, 2.45) is 5.10 Å². The molecule has 0 aliphatic carbocycles. The molecule has 0 bridgehead atoms. The number of carbonyl (C=O) groups excluding carboxylic acids is 2. The highest BCUT2D eigenvalue weighted by Crippen LogP contribution is 2.09. The van der Waals surface area contributed by atoms with Crippen LogP contribution in [0.4, 0.5) is 0 Å². The fourth-order valence-electron chi connectivity index (χ4n) is 1.62. The minimum Gasteiger partial charge on any atom is -0.388 e. The molecule has 2 amide bonds. The van der Waals surface area contributed by atoms with Crippen molar-refractivity contribution in [1.82, 2.24) is 10.3 Å². The first-order valence-corrected chi connectivity index (χ1v) is 6.19. The van der Waals surface area contributed by atoms with Crippen molar-refractivity contribution >= 4 is 17.5 Å². The van der Waals surface area contributed by atoms with Crippen LogP contribution in [0.15, 0.2) is 5.10 Å². The van der Waals surface area contributed by atoms with Gasteiger partial charge in [-0.05, 0) is 6.92 Å². The van der Waals surface area contributed by atoms with Gasteiger partial charge in [0.1, 0.15) is 5.71 Å². The highest BCUT2D eigenvalue weighted by atomic mass is 16.5. The highest BCUT2D eigenvalue weighted by Gasteiger charge is 2.25. The fourth-order valence-corrected chi connectivity index (χ4v) is 1.62. The van der Waals surface area contributed by atoms with Crippen molar-refractivity contribution in [1.29, 1.82) is 0 Å². The molecule has 1 unspecified atom stereocenters. The van der Waals surface area contributed by atoms with Crippen molar-refractivity contribution in [3.05, 3.63) is 0 Å².